The first kappa shape index (κ1) is 31.6. The molecule has 0 heterocycles. The molecule has 0 amide bonds. The van der Waals surface area contributed by atoms with Gasteiger partial charge in [0.2, 0.25) is 0 Å². The van der Waals surface area contributed by atoms with Gasteiger partial charge in [-0.1, -0.05) is 91.9 Å². The molecule has 206 valence electrons. The Balaban J connectivity index is 2.25. The van der Waals surface area contributed by atoms with Crippen molar-refractivity contribution in [2.24, 2.45) is 11.8 Å². The van der Waals surface area contributed by atoms with E-state index in [0.717, 1.165) is 50.9 Å². The highest BCUT2D eigenvalue weighted by molar-refractivity contribution is 5.61. The van der Waals surface area contributed by atoms with Crippen molar-refractivity contribution in [1.29, 1.82) is 0 Å². The molecule has 0 saturated heterocycles. The summed E-state index contributed by atoms with van der Waals surface area (Å²) in [6.45, 7) is 9.66. The summed E-state index contributed by atoms with van der Waals surface area (Å²) < 4.78 is 21.8. The van der Waals surface area contributed by atoms with Gasteiger partial charge in [-0.25, -0.2) is 9.59 Å². The monoisotopic (exact) mass is 498 g/mol. The molecule has 0 aromatic carbocycles. The Morgan fingerprint density at radius 1 is 0.686 bits per heavy atom. The lowest BCUT2D eigenvalue weighted by Crippen LogP contribution is -2.38. The fourth-order valence-electron chi connectivity index (χ4n) is 4.75. The standard InChI is InChI=1S/C29H54O6/c1-5-7-12-19-25(17-6-2)23-33-29(31)35-27-21-15-14-20-26(27)34-28(30)32-22-16-11-9-8-10-13-18-24(3)4/h24-27H,5-23H2,1-4H3. The Kier molecular flexibility index (Phi) is 18.7. The van der Waals surface area contributed by atoms with E-state index in [4.69, 9.17) is 18.9 Å². The fraction of sp³-hybridized carbons (Fsp3) is 0.931. The lowest BCUT2D eigenvalue weighted by atomic mass is 9.94. The van der Waals surface area contributed by atoms with Crippen molar-refractivity contribution in [3.63, 3.8) is 0 Å². The lowest BCUT2D eigenvalue weighted by molar-refractivity contribution is -0.0730. The minimum atomic E-state index is -0.658. The van der Waals surface area contributed by atoms with Crippen LogP contribution in [0, 0.1) is 11.8 Å². The summed E-state index contributed by atoms with van der Waals surface area (Å²) in [5.41, 5.74) is 0. The van der Waals surface area contributed by atoms with E-state index < -0.39 is 24.5 Å². The summed E-state index contributed by atoms with van der Waals surface area (Å²) in [5.74, 6) is 1.17. The van der Waals surface area contributed by atoms with E-state index in [0.29, 0.717) is 32.0 Å². The Morgan fingerprint density at radius 3 is 1.86 bits per heavy atom. The molecule has 35 heavy (non-hydrogen) atoms. The number of carbonyl (C=O) groups is 2. The summed E-state index contributed by atoms with van der Waals surface area (Å²) in [6, 6.07) is 0. The molecule has 0 bridgehead atoms. The summed E-state index contributed by atoms with van der Waals surface area (Å²) in [6.07, 6.45) is 16.0. The number of hydrogen-bond donors (Lipinski definition) is 0. The molecule has 1 fully saturated rings. The third kappa shape index (κ3) is 16.8. The maximum absolute atomic E-state index is 12.3. The second kappa shape index (κ2) is 20.7. The van der Waals surface area contributed by atoms with E-state index in [1.54, 1.807) is 0 Å². The van der Waals surface area contributed by atoms with E-state index >= 15 is 0 Å². The third-order valence-corrected chi connectivity index (χ3v) is 6.88. The quantitative estimate of drug-likeness (QED) is 0.131. The van der Waals surface area contributed by atoms with Crippen molar-refractivity contribution in [3.05, 3.63) is 0 Å². The highest BCUT2D eigenvalue weighted by Crippen LogP contribution is 2.25. The van der Waals surface area contributed by atoms with Gasteiger partial charge in [0.15, 0.2) is 0 Å². The maximum Gasteiger partial charge on any atom is 0.508 e. The molecule has 1 aliphatic carbocycles. The zero-order valence-corrected chi connectivity index (χ0v) is 23.2. The molecular formula is C29H54O6. The van der Waals surface area contributed by atoms with Gasteiger partial charge >= 0.3 is 12.3 Å². The maximum atomic E-state index is 12.3. The molecule has 0 aromatic heterocycles. The van der Waals surface area contributed by atoms with Crippen LogP contribution in [-0.2, 0) is 18.9 Å². The van der Waals surface area contributed by atoms with E-state index in [1.165, 1.54) is 51.4 Å². The Labute approximate surface area is 215 Å². The molecule has 1 saturated carbocycles. The smallest absolute Gasteiger partial charge is 0.434 e. The van der Waals surface area contributed by atoms with E-state index in [-0.39, 0.29) is 0 Å². The SMILES string of the molecule is CCCCCC(CCC)COC(=O)OC1CCCCC1OC(=O)OCCCCCCCCC(C)C. The van der Waals surface area contributed by atoms with Gasteiger partial charge in [0.25, 0.3) is 0 Å². The Hall–Kier alpha value is -1.46. The largest absolute Gasteiger partial charge is 0.508 e. The average Bonchev–Trinajstić information content (AvgIpc) is 2.82. The van der Waals surface area contributed by atoms with E-state index in [2.05, 4.69) is 27.7 Å². The molecule has 1 rings (SSSR count). The topological polar surface area (TPSA) is 71.1 Å². The van der Waals surface area contributed by atoms with Crippen LogP contribution in [0.1, 0.15) is 137 Å². The van der Waals surface area contributed by atoms with Crippen molar-refractivity contribution in [2.75, 3.05) is 13.2 Å². The van der Waals surface area contributed by atoms with Crippen LogP contribution >= 0.6 is 0 Å². The van der Waals surface area contributed by atoms with Gasteiger partial charge in [-0.05, 0) is 56.8 Å². The highest BCUT2D eigenvalue weighted by Gasteiger charge is 2.32. The van der Waals surface area contributed by atoms with Gasteiger partial charge in [-0.2, -0.15) is 0 Å². The molecule has 3 atom stereocenters. The van der Waals surface area contributed by atoms with Gasteiger partial charge in [0.05, 0.1) is 13.2 Å². The van der Waals surface area contributed by atoms with Gasteiger partial charge in [-0.3, -0.25) is 0 Å². The van der Waals surface area contributed by atoms with Crippen molar-refractivity contribution in [3.8, 4) is 0 Å². The Bertz CT molecular complexity index is 535. The van der Waals surface area contributed by atoms with Crippen LogP contribution in [0.15, 0.2) is 0 Å². The van der Waals surface area contributed by atoms with Crippen molar-refractivity contribution < 1.29 is 28.5 Å². The zero-order valence-electron chi connectivity index (χ0n) is 23.2. The van der Waals surface area contributed by atoms with Gasteiger partial charge in [-0.15, -0.1) is 0 Å². The summed E-state index contributed by atoms with van der Waals surface area (Å²) >= 11 is 0. The normalized spacial score (nSPS) is 18.8. The van der Waals surface area contributed by atoms with Crippen LogP contribution in [0.4, 0.5) is 9.59 Å². The summed E-state index contributed by atoms with van der Waals surface area (Å²) in [7, 11) is 0. The van der Waals surface area contributed by atoms with Crippen LogP contribution < -0.4 is 0 Å². The lowest BCUT2D eigenvalue weighted by Gasteiger charge is -2.30. The first-order valence-corrected chi connectivity index (χ1v) is 14.6. The van der Waals surface area contributed by atoms with Crippen LogP contribution in [-0.4, -0.2) is 37.7 Å². The van der Waals surface area contributed by atoms with Crippen LogP contribution in [0.2, 0.25) is 0 Å². The average molecular weight is 499 g/mol. The predicted molar refractivity (Wildman–Crippen MR) is 141 cm³/mol. The molecule has 3 unspecified atom stereocenters. The van der Waals surface area contributed by atoms with Crippen LogP contribution in [0.5, 0.6) is 0 Å². The minimum Gasteiger partial charge on any atom is -0.434 e. The zero-order chi connectivity index (χ0) is 25.7. The minimum absolute atomic E-state index is 0.377. The van der Waals surface area contributed by atoms with Gasteiger partial charge in [0, 0.05) is 0 Å². The number of hydrogen-bond acceptors (Lipinski definition) is 6. The first-order valence-electron chi connectivity index (χ1n) is 14.6. The van der Waals surface area contributed by atoms with Gasteiger partial charge < -0.3 is 18.9 Å². The molecule has 6 heteroatoms. The summed E-state index contributed by atoms with van der Waals surface area (Å²) in [5, 5.41) is 0. The summed E-state index contributed by atoms with van der Waals surface area (Å²) in [4.78, 5) is 24.5. The third-order valence-electron chi connectivity index (χ3n) is 6.88. The molecule has 6 nitrogen and oxygen atoms in total. The van der Waals surface area contributed by atoms with Crippen molar-refractivity contribution in [1.82, 2.24) is 0 Å². The fourth-order valence-corrected chi connectivity index (χ4v) is 4.75. The van der Waals surface area contributed by atoms with Crippen molar-refractivity contribution in [2.45, 2.75) is 149 Å². The number of carbonyl (C=O) groups excluding carboxylic acids is 2. The number of unbranched alkanes of at least 4 members (excludes halogenated alkanes) is 7. The van der Waals surface area contributed by atoms with Gasteiger partial charge in [0.1, 0.15) is 12.2 Å². The van der Waals surface area contributed by atoms with Crippen LogP contribution in [0.25, 0.3) is 0 Å². The number of rotatable bonds is 19. The van der Waals surface area contributed by atoms with E-state index in [9.17, 15) is 9.59 Å². The molecule has 0 radical (unpaired) electrons. The molecule has 1 aliphatic rings. The van der Waals surface area contributed by atoms with Crippen LogP contribution in [0.3, 0.4) is 0 Å². The highest BCUT2D eigenvalue weighted by atomic mass is 16.8. The Morgan fingerprint density at radius 2 is 1.26 bits per heavy atom. The second-order valence-corrected chi connectivity index (χ2v) is 10.7. The first-order chi connectivity index (χ1) is 17.0. The number of ether oxygens (including phenoxy) is 4. The predicted octanol–water partition coefficient (Wildman–Crippen LogP) is 8.99. The molecular weight excluding hydrogens is 444 g/mol. The molecule has 0 spiro atoms. The van der Waals surface area contributed by atoms with Crippen molar-refractivity contribution >= 4 is 12.3 Å². The molecule has 0 aliphatic heterocycles. The molecule has 0 aromatic rings. The van der Waals surface area contributed by atoms with E-state index in [1.807, 2.05) is 0 Å². The second-order valence-electron chi connectivity index (χ2n) is 10.7. The molecule has 0 N–H and O–H groups in total.